The molecule has 17 heavy (non-hydrogen) atoms. The minimum Gasteiger partial charge on any atom is -0.412 e. The fraction of sp³-hybridized carbons (Fsp3) is 0. The SMILES string of the molecule is O.O=[N+]([O-])c1cccs1.O=[N+]([O-])c1cccs1. The largest absolute Gasteiger partial charge is 0.412 e. The van der Waals surface area contributed by atoms with E-state index in [0.717, 1.165) is 22.7 Å². The maximum atomic E-state index is 9.88. The fourth-order valence-electron chi connectivity index (χ4n) is 0.748. The molecule has 0 spiro atoms. The van der Waals surface area contributed by atoms with E-state index in [1.807, 2.05) is 0 Å². The zero-order chi connectivity index (χ0) is 12.0. The quantitative estimate of drug-likeness (QED) is 0.618. The number of hydrogen-bond donors (Lipinski definition) is 0. The third-order valence-corrected chi connectivity index (χ3v) is 3.01. The Kier molecular flexibility index (Phi) is 6.63. The van der Waals surface area contributed by atoms with Crippen LogP contribution in [0, 0.1) is 20.2 Å². The summed E-state index contributed by atoms with van der Waals surface area (Å²) in [5.74, 6) is 0. The van der Waals surface area contributed by atoms with E-state index >= 15 is 0 Å². The van der Waals surface area contributed by atoms with Crippen LogP contribution in [-0.4, -0.2) is 15.3 Å². The lowest BCUT2D eigenvalue weighted by Crippen LogP contribution is -1.80. The highest BCUT2D eigenvalue weighted by molar-refractivity contribution is 7.13. The number of hydrogen-bond acceptors (Lipinski definition) is 6. The molecule has 2 N–H and O–H groups in total. The molecule has 2 rings (SSSR count). The van der Waals surface area contributed by atoms with Crippen LogP contribution in [0.2, 0.25) is 0 Å². The number of rotatable bonds is 2. The Labute approximate surface area is 104 Å². The van der Waals surface area contributed by atoms with Gasteiger partial charge in [-0.15, -0.1) is 0 Å². The molecule has 0 bridgehead atoms. The Bertz CT molecular complexity index is 410. The molecule has 0 saturated heterocycles. The Morgan fingerprint density at radius 1 is 0.882 bits per heavy atom. The van der Waals surface area contributed by atoms with Gasteiger partial charge >= 0.3 is 10.0 Å². The van der Waals surface area contributed by atoms with Crippen LogP contribution >= 0.6 is 22.7 Å². The van der Waals surface area contributed by atoms with Gasteiger partial charge < -0.3 is 5.48 Å². The smallest absolute Gasteiger partial charge is 0.324 e. The van der Waals surface area contributed by atoms with Crippen molar-refractivity contribution in [1.29, 1.82) is 0 Å². The highest BCUT2D eigenvalue weighted by Gasteiger charge is 2.02. The van der Waals surface area contributed by atoms with E-state index in [1.54, 1.807) is 22.9 Å². The second kappa shape index (κ2) is 7.44. The standard InChI is InChI=1S/2C4H3NO2S.H2O/c2*6-5(7)4-2-1-3-8-4;/h2*1-3H;1H2. The van der Waals surface area contributed by atoms with Crippen LogP contribution < -0.4 is 0 Å². The average molecular weight is 276 g/mol. The summed E-state index contributed by atoms with van der Waals surface area (Å²) in [6.45, 7) is 0. The van der Waals surface area contributed by atoms with E-state index in [4.69, 9.17) is 0 Å². The molecule has 92 valence electrons. The van der Waals surface area contributed by atoms with Crippen LogP contribution in [0.5, 0.6) is 0 Å². The van der Waals surface area contributed by atoms with E-state index in [-0.39, 0.29) is 15.5 Å². The van der Waals surface area contributed by atoms with Gasteiger partial charge in [-0.1, -0.05) is 22.7 Å². The van der Waals surface area contributed by atoms with Gasteiger partial charge in [-0.25, -0.2) is 0 Å². The van der Waals surface area contributed by atoms with E-state index in [2.05, 4.69) is 0 Å². The molecule has 9 heteroatoms. The average Bonchev–Trinajstić information content (AvgIpc) is 2.93. The van der Waals surface area contributed by atoms with Gasteiger partial charge in [0.2, 0.25) is 0 Å². The Morgan fingerprint density at radius 2 is 1.24 bits per heavy atom. The summed E-state index contributed by atoms with van der Waals surface area (Å²) < 4.78 is 0. The summed E-state index contributed by atoms with van der Waals surface area (Å²) in [5.41, 5.74) is 0. The van der Waals surface area contributed by atoms with Gasteiger partial charge in [-0.2, -0.15) is 0 Å². The van der Waals surface area contributed by atoms with Crippen molar-refractivity contribution in [3.63, 3.8) is 0 Å². The molecule has 0 saturated carbocycles. The Morgan fingerprint density at radius 3 is 1.35 bits per heavy atom. The maximum absolute atomic E-state index is 9.88. The number of thiophene rings is 2. The van der Waals surface area contributed by atoms with Crippen molar-refractivity contribution in [3.8, 4) is 0 Å². The molecule has 0 unspecified atom stereocenters. The van der Waals surface area contributed by atoms with E-state index in [9.17, 15) is 20.2 Å². The lowest BCUT2D eigenvalue weighted by Gasteiger charge is -1.76. The van der Waals surface area contributed by atoms with Gasteiger partial charge in [0.25, 0.3) is 0 Å². The lowest BCUT2D eigenvalue weighted by atomic mass is 10.6. The van der Waals surface area contributed by atoms with Crippen molar-refractivity contribution in [2.45, 2.75) is 0 Å². The Balaban J connectivity index is 0.000000284. The molecular weight excluding hydrogens is 268 g/mol. The summed E-state index contributed by atoms with van der Waals surface area (Å²) in [6.07, 6.45) is 0. The number of nitro groups is 2. The van der Waals surface area contributed by atoms with Crippen LogP contribution in [0.3, 0.4) is 0 Å². The molecule has 2 heterocycles. The molecule has 0 fully saturated rings. The minimum absolute atomic E-state index is 0. The first-order valence-electron chi connectivity index (χ1n) is 3.97. The van der Waals surface area contributed by atoms with Crippen LogP contribution in [0.15, 0.2) is 35.0 Å². The molecule has 7 nitrogen and oxygen atoms in total. The van der Waals surface area contributed by atoms with Crippen LogP contribution in [0.25, 0.3) is 0 Å². The first-order chi connectivity index (χ1) is 7.61. The van der Waals surface area contributed by atoms with Gasteiger partial charge in [0.1, 0.15) is 0 Å². The highest BCUT2D eigenvalue weighted by atomic mass is 32.1. The zero-order valence-electron chi connectivity index (χ0n) is 8.31. The molecule has 0 amide bonds. The fourth-order valence-corrected chi connectivity index (χ4v) is 1.83. The highest BCUT2D eigenvalue weighted by Crippen LogP contribution is 2.17. The van der Waals surface area contributed by atoms with E-state index < -0.39 is 9.85 Å². The third kappa shape index (κ3) is 5.15. The van der Waals surface area contributed by atoms with Crippen molar-refractivity contribution in [3.05, 3.63) is 55.3 Å². The van der Waals surface area contributed by atoms with Crippen molar-refractivity contribution in [2.75, 3.05) is 0 Å². The van der Waals surface area contributed by atoms with Crippen LogP contribution in [0.4, 0.5) is 10.0 Å². The Hall–Kier alpha value is -1.84. The topological polar surface area (TPSA) is 118 Å². The molecule has 0 aliphatic heterocycles. The van der Waals surface area contributed by atoms with Crippen molar-refractivity contribution in [2.24, 2.45) is 0 Å². The minimum atomic E-state index is -0.398. The second-order valence-corrected chi connectivity index (χ2v) is 4.27. The van der Waals surface area contributed by atoms with Crippen molar-refractivity contribution < 1.29 is 15.3 Å². The van der Waals surface area contributed by atoms with Crippen molar-refractivity contribution in [1.82, 2.24) is 0 Å². The van der Waals surface area contributed by atoms with Crippen molar-refractivity contribution >= 4 is 32.7 Å². The van der Waals surface area contributed by atoms with Gasteiger partial charge in [0.15, 0.2) is 0 Å². The predicted octanol–water partition coefficient (Wildman–Crippen LogP) is 2.49. The number of nitrogens with zero attached hydrogens (tertiary/aromatic N) is 2. The summed E-state index contributed by atoms with van der Waals surface area (Å²) in [7, 11) is 0. The second-order valence-electron chi connectivity index (χ2n) is 2.42. The zero-order valence-corrected chi connectivity index (χ0v) is 9.94. The first-order valence-corrected chi connectivity index (χ1v) is 5.73. The molecule has 0 aromatic carbocycles. The normalized spacial score (nSPS) is 8.47. The molecule has 0 radical (unpaired) electrons. The lowest BCUT2D eigenvalue weighted by molar-refractivity contribution is -0.380. The predicted molar refractivity (Wildman–Crippen MR) is 65.6 cm³/mol. The summed E-state index contributed by atoms with van der Waals surface area (Å²) >= 11 is 2.26. The van der Waals surface area contributed by atoms with Crippen LogP contribution in [0.1, 0.15) is 0 Å². The van der Waals surface area contributed by atoms with Gasteiger partial charge in [-0.05, 0) is 22.9 Å². The van der Waals surface area contributed by atoms with Gasteiger partial charge in [-0.3, -0.25) is 20.2 Å². The monoisotopic (exact) mass is 276 g/mol. The van der Waals surface area contributed by atoms with Gasteiger partial charge in [0.05, 0.1) is 9.85 Å². The maximum Gasteiger partial charge on any atom is 0.324 e. The molecule has 0 aliphatic carbocycles. The summed E-state index contributed by atoms with van der Waals surface area (Å²) in [4.78, 5) is 19.0. The third-order valence-electron chi connectivity index (χ3n) is 1.37. The van der Waals surface area contributed by atoms with E-state index in [0.29, 0.717) is 0 Å². The molecule has 0 aliphatic rings. The molecule has 2 aromatic rings. The summed E-state index contributed by atoms with van der Waals surface area (Å²) in [5, 5.41) is 23.5. The molecule has 0 atom stereocenters. The molecule has 2 aromatic heterocycles. The summed E-state index contributed by atoms with van der Waals surface area (Å²) in [6, 6.07) is 6.26. The van der Waals surface area contributed by atoms with Crippen LogP contribution in [-0.2, 0) is 0 Å². The molecular formula is C8H8N2O5S2. The van der Waals surface area contributed by atoms with Gasteiger partial charge in [0, 0.05) is 12.1 Å². The van der Waals surface area contributed by atoms with E-state index in [1.165, 1.54) is 12.1 Å². The first kappa shape index (κ1) is 15.2.